The maximum absolute atomic E-state index is 11.6. The van der Waals surface area contributed by atoms with Gasteiger partial charge in [-0.15, -0.1) is 0 Å². The standard InChI is InChI=1S/C11H18N6O2/c1-7(18)5-3-4-6-8(19)14-11-16-9(12)15-10(13-2)17-11/h3-6H2,1-2H3,(H4,12,13,14,15,16,17,19). The first kappa shape index (κ1) is 14.8. The molecule has 0 aromatic carbocycles. The maximum atomic E-state index is 11.6. The van der Waals surface area contributed by atoms with Gasteiger partial charge in [0.1, 0.15) is 5.78 Å². The molecular formula is C11H18N6O2. The Morgan fingerprint density at radius 1 is 1.11 bits per heavy atom. The monoisotopic (exact) mass is 266 g/mol. The summed E-state index contributed by atoms with van der Waals surface area (Å²) in [5.74, 6) is 0.361. The lowest BCUT2D eigenvalue weighted by Gasteiger charge is -2.05. The Labute approximate surface area is 111 Å². The molecule has 0 aliphatic rings. The maximum Gasteiger partial charge on any atom is 0.236 e. The Morgan fingerprint density at radius 3 is 2.37 bits per heavy atom. The number of carbonyl (C=O) groups excluding carboxylic acids is 2. The van der Waals surface area contributed by atoms with Gasteiger partial charge in [-0.05, 0) is 19.8 Å². The fourth-order valence-corrected chi connectivity index (χ4v) is 1.41. The molecule has 0 fully saturated rings. The highest BCUT2D eigenvalue weighted by Crippen LogP contribution is 2.07. The van der Waals surface area contributed by atoms with Gasteiger partial charge < -0.3 is 15.8 Å². The van der Waals surface area contributed by atoms with Crippen molar-refractivity contribution >= 4 is 29.5 Å². The van der Waals surface area contributed by atoms with Crippen LogP contribution in [0.3, 0.4) is 0 Å². The number of hydrogen-bond donors (Lipinski definition) is 3. The van der Waals surface area contributed by atoms with Crippen molar-refractivity contribution in [3.63, 3.8) is 0 Å². The second-order valence-corrected chi connectivity index (χ2v) is 4.05. The normalized spacial score (nSPS) is 10.0. The zero-order valence-corrected chi connectivity index (χ0v) is 11.1. The summed E-state index contributed by atoms with van der Waals surface area (Å²) in [6, 6.07) is 0. The Bertz CT molecular complexity index is 462. The van der Waals surface area contributed by atoms with Gasteiger partial charge in [-0.1, -0.05) is 0 Å². The highest BCUT2D eigenvalue weighted by atomic mass is 16.1. The van der Waals surface area contributed by atoms with Crippen LogP contribution < -0.4 is 16.4 Å². The van der Waals surface area contributed by atoms with Crippen molar-refractivity contribution in [3.8, 4) is 0 Å². The Hall–Kier alpha value is -2.25. The molecule has 0 aliphatic carbocycles. The number of nitrogens with one attached hydrogen (secondary N) is 2. The van der Waals surface area contributed by atoms with Crippen LogP contribution in [0.15, 0.2) is 0 Å². The minimum Gasteiger partial charge on any atom is -0.368 e. The number of nitrogen functional groups attached to an aromatic ring is 1. The minimum absolute atomic E-state index is 0.0335. The van der Waals surface area contributed by atoms with Crippen LogP contribution in [-0.4, -0.2) is 33.7 Å². The molecule has 19 heavy (non-hydrogen) atoms. The van der Waals surface area contributed by atoms with Crippen molar-refractivity contribution in [1.82, 2.24) is 15.0 Å². The summed E-state index contributed by atoms with van der Waals surface area (Å²) in [5.41, 5.74) is 5.47. The smallest absolute Gasteiger partial charge is 0.236 e. The van der Waals surface area contributed by atoms with Gasteiger partial charge in [0.05, 0.1) is 0 Å². The summed E-state index contributed by atoms with van der Waals surface area (Å²) in [7, 11) is 1.64. The quantitative estimate of drug-likeness (QED) is 0.617. The van der Waals surface area contributed by atoms with Crippen molar-refractivity contribution in [3.05, 3.63) is 0 Å². The molecule has 0 spiro atoms. The molecule has 1 rings (SSSR count). The van der Waals surface area contributed by atoms with Gasteiger partial charge in [-0.2, -0.15) is 15.0 Å². The van der Waals surface area contributed by atoms with Gasteiger partial charge in [0, 0.05) is 19.9 Å². The summed E-state index contributed by atoms with van der Waals surface area (Å²) in [5, 5.41) is 5.25. The molecule has 0 saturated carbocycles. The minimum atomic E-state index is -0.212. The van der Waals surface area contributed by atoms with E-state index in [0.717, 1.165) is 0 Å². The third-order valence-corrected chi connectivity index (χ3v) is 2.31. The highest BCUT2D eigenvalue weighted by Gasteiger charge is 2.07. The summed E-state index contributed by atoms with van der Waals surface area (Å²) < 4.78 is 0. The number of Topliss-reactive ketones (excluding diaryl/α,β-unsaturated/α-hetero) is 1. The van der Waals surface area contributed by atoms with E-state index in [0.29, 0.717) is 31.6 Å². The summed E-state index contributed by atoms with van der Waals surface area (Å²) in [6.07, 6.45) is 2.15. The average Bonchev–Trinajstić information content (AvgIpc) is 2.33. The van der Waals surface area contributed by atoms with E-state index in [1.54, 1.807) is 7.05 Å². The van der Waals surface area contributed by atoms with E-state index < -0.39 is 0 Å². The van der Waals surface area contributed by atoms with E-state index in [1.807, 2.05) is 0 Å². The molecule has 0 bridgehead atoms. The predicted octanol–water partition coefficient (Wildman–Crippen LogP) is 0.583. The summed E-state index contributed by atoms with van der Waals surface area (Å²) in [6.45, 7) is 1.53. The SMILES string of the molecule is CNc1nc(N)nc(NC(=O)CCCCC(C)=O)n1. The molecule has 0 radical (unpaired) electrons. The van der Waals surface area contributed by atoms with Crippen LogP contribution in [0, 0.1) is 0 Å². The number of nitrogens with two attached hydrogens (primary N) is 1. The van der Waals surface area contributed by atoms with E-state index in [9.17, 15) is 9.59 Å². The van der Waals surface area contributed by atoms with Crippen LogP contribution in [-0.2, 0) is 9.59 Å². The van der Waals surface area contributed by atoms with Crippen LogP contribution in [0.2, 0.25) is 0 Å². The fourth-order valence-electron chi connectivity index (χ4n) is 1.41. The number of unbranched alkanes of at least 4 members (excludes halogenated alkanes) is 1. The lowest BCUT2D eigenvalue weighted by atomic mass is 10.1. The second kappa shape index (κ2) is 7.24. The lowest BCUT2D eigenvalue weighted by Crippen LogP contribution is -2.15. The molecule has 1 heterocycles. The zero-order valence-electron chi connectivity index (χ0n) is 11.1. The molecule has 0 atom stereocenters. The van der Waals surface area contributed by atoms with E-state index in [2.05, 4.69) is 25.6 Å². The first-order chi connectivity index (χ1) is 9.01. The number of ketones is 1. The number of amides is 1. The number of anilines is 3. The van der Waals surface area contributed by atoms with Crippen LogP contribution in [0.1, 0.15) is 32.6 Å². The Morgan fingerprint density at radius 2 is 1.74 bits per heavy atom. The molecular weight excluding hydrogens is 248 g/mol. The first-order valence-corrected chi connectivity index (χ1v) is 6.00. The summed E-state index contributed by atoms with van der Waals surface area (Å²) in [4.78, 5) is 33.9. The molecule has 0 saturated heterocycles. The van der Waals surface area contributed by atoms with E-state index in [1.165, 1.54) is 6.92 Å². The van der Waals surface area contributed by atoms with Crippen LogP contribution in [0.25, 0.3) is 0 Å². The molecule has 104 valence electrons. The molecule has 0 unspecified atom stereocenters. The topological polar surface area (TPSA) is 123 Å². The molecule has 1 aromatic heterocycles. The Kier molecular flexibility index (Phi) is 5.65. The van der Waals surface area contributed by atoms with E-state index >= 15 is 0 Å². The first-order valence-electron chi connectivity index (χ1n) is 6.00. The van der Waals surface area contributed by atoms with E-state index in [4.69, 9.17) is 5.73 Å². The molecule has 0 aliphatic heterocycles. The average molecular weight is 266 g/mol. The van der Waals surface area contributed by atoms with Gasteiger partial charge >= 0.3 is 0 Å². The summed E-state index contributed by atoms with van der Waals surface area (Å²) >= 11 is 0. The van der Waals surface area contributed by atoms with Crippen molar-refractivity contribution in [2.24, 2.45) is 0 Å². The van der Waals surface area contributed by atoms with Crippen LogP contribution in [0.4, 0.5) is 17.8 Å². The van der Waals surface area contributed by atoms with Crippen LogP contribution >= 0.6 is 0 Å². The van der Waals surface area contributed by atoms with Crippen molar-refractivity contribution in [2.75, 3.05) is 23.4 Å². The third kappa shape index (κ3) is 5.75. The number of nitrogens with zero attached hydrogens (tertiary/aromatic N) is 3. The van der Waals surface area contributed by atoms with Gasteiger partial charge in [-0.25, -0.2) is 0 Å². The molecule has 8 nitrogen and oxygen atoms in total. The fraction of sp³-hybridized carbons (Fsp3) is 0.545. The number of hydrogen-bond acceptors (Lipinski definition) is 7. The number of rotatable bonds is 7. The van der Waals surface area contributed by atoms with Crippen LogP contribution in [0.5, 0.6) is 0 Å². The van der Waals surface area contributed by atoms with Gasteiger partial charge in [0.2, 0.25) is 23.8 Å². The molecule has 4 N–H and O–H groups in total. The second-order valence-electron chi connectivity index (χ2n) is 4.05. The predicted molar refractivity (Wildman–Crippen MR) is 71.6 cm³/mol. The van der Waals surface area contributed by atoms with Crippen molar-refractivity contribution in [2.45, 2.75) is 32.6 Å². The van der Waals surface area contributed by atoms with Crippen molar-refractivity contribution < 1.29 is 9.59 Å². The molecule has 1 aromatic rings. The lowest BCUT2D eigenvalue weighted by molar-refractivity contribution is -0.118. The molecule has 1 amide bonds. The van der Waals surface area contributed by atoms with E-state index in [-0.39, 0.29) is 23.6 Å². The van der Waals surface area contributed by atoms with Gasteiger partial charge in [0.15, 0.2) is 0 Å². The Balaban J connectivity index is 2.43. The largest absolute Gasteiger partial charge is 0.368 e. The van der Waals surface area contributed by atoms with Gasteiger partial charge in [-0.3, -0.25) is 10.1 Å². The molecule has 8 heteroatoms. The number of carbonyl (C=O) groups is 2. The number of aromatic nitrogens is 3. The third-order valence-electron chi connectivity index (χ3n) is 2.31. The van der Waals surface area contributed by atoms with Gasteiger partial charge in [0.25, 0.3) is 0 Å². The highest BCUT2D eigenvalue weighted by molar-refractivity contribution is 5.89. The zero-order chi connectivity index (χ0) is 14.3. The van der Waals surface area contributed by atoms with Crippen molar-refractivity contribution in [1.29, 1.82) is 0 Å².